The molecule has 0 aliphatic carbocycles. The van der Waals surface area contributed by atoms with E-state index in [0.29, 0.717) is 23.5 Å². The minimum Gasteiger partial charge on any atom is -0.465 e. The van der Waals surface area contributed by atoms with Crippen LogP contribution < -0.4 is 5.32 Å². The molecular weight excluding hydrogens is 499 g/mol. The minimum absolute atomic E-state index is 0.0107. The van der Waals surface area contributed by atoms with Crippen molar-refractivity contribution in [2.75, 3.05) is 59.2 Å². The number of carbonyl (C=O) groups excluding carboxylic acids is 3. The Bertz CT molecular complexity index is 1220. The van der Waals surface area contributed by atoms with Crippen LogP contribution in [0.3, 0.4) is 0 Å². The molecule has 10 nitrogen and oxygen atoms in total. The summed E-state index contributed by atoms with van der Waals surface area (Å²) in [5, 5.41) is 2.92. The monoisotopic (exact) mass is 526 g/mol. The van der Waals surface area contributed by atoms with Gasteiger partial charge in [-0.25, -0.2) is 17.6 Å². The molecule has 2 amide bonds. The van der Waals surface area contributed by atoms with Crippen LogP contribution in [0, 0.1) is 12.7 Å². The summed E-state index contributed by atoms with van der Waals surface area (Å²) < 4.78 is 44.8. The zero-order chi connectivity index (χ0) is 25.9. The van der Waals surface area contributed by atoms with Crippen LogP contribution in [0.25, 0.3) is 0 Å². The summed E-state index contributed by atoms with van der Waals surface area (Å²) in [6, 6.07) is 4.64. The highest BCUT2D eigenvalue weighted by Crippen LogP contribution is 2.34. The molecule has 1 aliphatic heterocycles. The number of carbonyl (C=O) groups is 3. The van der Waals surface area contributed by atoms with E-state index in [1.165, 1.54) is 28.4 Å². The lowest BCUT2D eigenvalue weighted by atomic mass is 10.1. The zero-order valence-electron chi connectivity index (χ0n) is 19.8. The lowest BCUT2D eigenvalue weighted by Crippen LogP contribution is -2.50. The maximum absolute atomic E-state index is 13.1. The van der Waals surface area contributed by atoms with Gasteiger partial charge in [-0.15, -0.1) is 11.3 Å². The molecule has 1 aromatic carbocycles. The molecule has 1 fully saturated rings. The third-order valence-electron chi connectivity index (χ3n) is 5.54. The highest BCUT2D eigenvalue weighted by atomic mass is 32.2. The van der Waals surface area contributed by atoms with Gasteiger partial charge in [0.05, 0.1) is 29.0 Å². The van der Waals surface area contributed by atoms with E-state index in [4.69, 9.17) is 4.74 Å². The predicted molar refractivity (Wildman–Crippen MR) is 129 cm³/mol. The number of anilines is 1. The van der Waals surface area contributed by atoms with Gasteiger partial charge in [0.15, 0.2) is 0 Å². The summed E-state index contributed by atoms with van der Waals surface area (Å²) in [7, 11) is 0.641. The Morgan fingerprint density at radius 1 is 1.11 bits per heavy atom. The molecule has 3 rings (SSSR count). The van der Waals surface area contributed by atoms with Crippen molar-refractivity contribution in [2.24, 2.45) is 0 Å². The first-order valence-corrected chi connectivity index (χ1v) is 12.9. The van der Waals surface area contributed by atoms with E-state index in [1.807, 2.05) is 0 Å². The normalized spacial score (nSPS) is 15.0. The molecular formula is C22H27FN4O6S2. The maximum Gasteiger partial charge on any atom is 0.341 e. The quantitative estimate of drug-likeness (QED) is 0.545. The third-order valence-corrected chi connectivity index (χ3v) is 8.65. The summed E-state index contributed by atoms with van der Waals surface area (Å²) in [5.74, 6) is -1.88. The molecule has 13 heteroatoms. The van der Waals surface area contributed by atoms with Crippen LogP contribution in [0.5, 0.6) is 0 Å². The number of ether oxygens (including phenoxy) is 1. The SMILES string of the molecule is COC(=O)c1c(NC(=O)CN2CCN(S(=O)(=O)c3ccc(F)cc3)CC2)sc(C(=O)N(C)C)c1C. The number of hydrogen-bond acceptors (Lipinski definition) is 8. The van der Waals surface area contributed by atoms with Gasteiger partial charge in [-0.1, -0.05) is 0 Å². The lowest BCUT2D eigenvalue weighted by molar-refractivity contribution is -0.117. The fraction of sp³-hybridized carbons (Fsp3) is 0.409. The molecule has 2 heterocycles. The second kappa shape index (κ2) is 10.8. The van der Waals surface area contributed by atoms with Crippen LogP contribution in [0.1, 0.15) is 25.6 Å². The van der Waals surface area contributed by atoms with Gasteiger partial charge in [0.1, 0.15) is 10.8 Å². The second-order valence-corrected chi connectivity index (χ2v) is 11.1. The van der Waals surface area contributed by atoms with Gasteiger partial charge in [-0.05, 0) is 36.8 Å². The second-order valence-electron chi connectivity index (χ2n) is 8.13. The number of esters is 1. The third kappa shape index (κ3) is 5.86. The number of hydrogen-bond donors (Lipinski definition) is 1. The van der Waals surface area contributed by atoms with E-state index < -0.39 is 27.7 Å². The van der Waals surface area contributed by atoms with Crippen LogP contribution in [0.2, 0.25) is 0 Å². The average Bonchev–Trinajstić information content (AvgIpc) is 3.13. The molecule has 1 saturated heterocycles. The molecule has 2 aromatic rings. The van der Waals surface area contributed by atoms with Crippen LogP contribution >= 0.6 is 11.3 Å². The molecule has 0 spiro atoms. The van der Waals surface area contributed by atoms with E-state index in [9.17, 15) is 27.2 Å². The topological polar surface area (TPSA) is 116 Å². The highest BCUT2D eigenvalue weighted by molar-refractivity contribution is 7.89. The van der Waals surface area contributed by atoms with Gasteiger partial charge in [0, 0.05) is 40.3 Å². The first-order valence-electron chi connectivity index (χ1n) is 10.7. The minimum atomic E-state index is -3.76. The Morgan fingerprint density at radius 3 is 2.26 bits per heavy atom. The molecule has 0 saturated carbocycles. The van der Waals surface area contributed by atoms with Crippen molar-refractivity contribution in [2.45, 2.75) is 11.8 Å². The standard InChI is InChI=1S/C22H27FN4O6S2/c1-14-18(22(30)33-4)20(34-19(14)21(29)25(2)3)24-17(28)13-26-9-11-27(12-10-26)35(31,32)16-7-5-15(23)6-8-16/h5-8H,9-13H2,1-4H3,(H,24,28). The Morgan fingerprint density at radius 2 is 1.71 bits per heavy atom. The van der Waals surface area contributed by atoms with Crippen molar-refractivity contribution >= 4 is 44.1 Å². The Kier molecular flexibility index (Phi) is 8.26. The molecule has 0 radical (unpaired) electrons. The number of methoxy groups -OCH3 is 1. The molecule has 35 heavy (non-hydrogen) atoms. The lowest BCUT2D eigenvalue weighted by Gasteiger charge is -2.33. The number of piperazine rings is 1. The van der Waals surface area contributed by atoms with E-state index in [0.717, 1.165) is 23.5 Å². The first-order chi connectivity index (χ1) is 16.4. The van der Waals surface area contributed by atoms with Gasteiger partial charge in [-0.3, -0.25) is 14.5 Å². The van der Waals surface area contributed by atoms with Crippen LogP contribution in [-0.4, -0.2) is 94.2 Å². The summed E-state index contributed by atoms with van der Waals surface area (Å²) in [6.45, 7) is 2.55. The largest absolute Gasteiger partial charge is 0.465 e. The number of thiophene rings is 1. The number of rotatable bonds is 7. The Labute approximate surface area is 207 Å². The highest BCUT2D eigenvalue weighted by Gasteiger charge is 2.30. The zero-order valence-corrected chi connectivity index (χ0v) is 21.5. The molecule has 0 atom stereocenters. The maximum atomic E-state index is 13.1. The molecule has 0 unspecified atom stereocenters. The van der Waals surface area contributed by atoms with Crippen molar-refractivity contribution in [1.82, 2.24) is 14.1 Å². The smallest absolute Gasteiger partial charge is 0.341 e. The van der Waals surface area contributed by atoms with Crippen molar-refractivity contribution in [3.05, 3.63) is 46.1 Å². The fourth-order valence-corrected chi connectivity index (χ4v) is 6.26. The van der Waals surface area contributed by atoms with E-state index in [2.05, 4.69) is 5.32 Å². The number of amides is 2. The van der Waals surface area contributed by atoms with Crippen molar-refractivity contribution in [3.8, 4) is 0 Å². The summed E-state index contributed by atoms with van der Waals surface area (Å²) in [5.41, 5.74) is 0.557. The van der Waals surface area contributed by atoms with Crippen LogP contribution in [0.15, 0.2) is 29.2 Å². The van der Waals surface area contributed by atoms with E-state index in [1.54, 1.807) is 25.9 Å². The van der Waals surface area contributed by atoms with Gasteiger partial charge in [0.2, 0.25) is 15.9 Å². The molecule has 1 aromatic heterocycles. The molecule has 190 valence electrons. The number of nitrogens with one attached hydrogen (secondary N) is 1. The number of halogens is 1. The number of benzene rings is 1. The number of sulfonamides is 1. The van der Waals surface area contributed by atoms with E-state index >= 15 is 0 Å². The summed E-state index contributed by atoms with van der Waals surface area (Å²) >= 11 is 1.00. The van der Waals surface area contributed by atoms with Crippen LogP contribution in [-0.2, 0) is 19.6 Å². The van der Waals surface area contributed by atoms with Crippen molar-refractivity contribution in [3.63, 3.8) is 0 Å². The molecule has 1 N–H and O–H groups in total. The van der Waals surface area contributed by atoms with Crippen LogP contribution in [0.4, 0.5) is 9.39 Å². The Hall–Kier alpha value is -2.87. The summed E-state index contributed by atoms with van der Waals surface area (Å²) in [6.07, 6.45) is 0. The van der Waals surface area contributed by atoms with E-state index in [-0.39, 0.29) is 41.0 Å². The van der Waals surface area contributed by atoms with Gasteiger partial charge in [-0.2, -0.15) is 4.31 Å². The average molecular weight is 527 g/mol. The van der Waals surface area contributed by atoms with Gasteiger partial charge >= 0.3 is 5.97 Å². The number of nitrogens with zero attached hydrogens (tertiary/aromatic N) is 3. The van der Waals surface area contributed by atoms with Crippen molar-refractivity contribution < 1.29 is 31.9 Å². The first kappa shape index (κ1) is 26.7. The molecule has 1 aliphatic rings. The predicted octanol–water partition coefficient (Wildman–Crippen LogP) is 1.63. The fourth-order valence-electron chi connectivity index (χ4n) is 3.61. The van der Waals surface area contributed by atoms with Crippen molar-refractivity contribution in [1.29, 1.82) is 0 Å². The Balaban J connectivity index is 1.66. The van der Waals surface area contributed by atoms with Gasteiger partial charge in [0.25, 0.3) is 5.91 Å². The van der Waals surface area contributed by atoms with Gasteiger partial charge < -0.3 is 15.0 Å². The summed E-state index contributed by atoms with van der Waals surface area (Å²) in [4.78, 5) is 41.0. The molecule has 0 bridgehead atoms.